The topological polar surface area (TPSA) is 51.7 Å². The van der Waals surface area contributed by atoms with Crippen LogP contribution in [0.1, 0.15) is 40.5 Å². The standard InChI is InChI=1S/C17H24Cl2N2O3/c1-11-5-6-21(16(22)24-17(2,3)4)13(7-11)10-23-15-9-12(18)8-14(19)20-15/h8-9,11,13H,5-7,10H2,1-4H3/t11-,13+/m1/s1. The number of nitrogens with zero attached hydrogens (tertiary/aromatic N) is 2. The molecule has 0 saturated carbocycles. The van der Waals surface area contributed by atoms with E-state index in [1.165, 1.54) is 0 Å². The first-order valence-electron chi connectivity index (χ1n) is 8.09. The molecule has 1 saturated heterocycles. The summed E-state index contributed by atoms with van der Waals surface area (Å²) in [5.41, 5.74) is -0.520. The number of pyridine rings is 1. The zero-order valence-electron chi connectivity index (χ0n) is 14.5. The van der Waals surface area contributed by atoms with Crippen molar-refractivity contribution in [2.45, 2.75) is 52.2 Å². The third kappa shape index (κ3) is 5.71. The maximum absolute atomic E-state index is 12.4. The number of hydrogen-bond donors (Lipinski definition) is 0. The van der Waals surface area contributed by atoms with Crippen molar-refractivity contribution in [1.29, 1.82) is 0 Å². The molecule has 5 nitrogen and oxygen atoms in total. The molecule has 2 atom stereocenters. The molecule has 1 aromatic heterocycles. The molecule has 0 unspecified atom stereocenters. The molecule has 0 aromatic carbocycles. The molecule has 0 N–H and O–H groups in total. The summed E-state index contributed by atoms with van der Waals surface area (Å²) in [4.78, 5) is 18.3. The predicted molar refractivity (Wildman–Crippen MR) is 94.9 cm³/mol. The Kier molecular flexibility index (Phi) is 6.21. The molecule has 0 radical (unpaired) electrons. The molecule has 1 amide bonds. The average molecular weight is 375 g/mol. The van der Waals surface area contributed by atoms with Crippen LogP contribution in [0.2, 0.25) is 10.2 Å². The van der Waals surface area contributed by atoms with Crippen LogP contribution >= 0.6 is 23.2 Å². The highest BCUT2D eigenvalue weighted by Crippen LogP contribution is 2.26. The summed E-state index contributed by atoms with van der Waals surface area (Å²) in [7, 11) is 0. The Morgan fingerprint density at radius 1 is 1.38 bits per heavy atom. The molecule has 1 aromatic rings. The molecule has 1 aliphatic rings. The molecule has 1 fully saturated rings. The summed E-state index contributed by atoms with van der Waals surface area (Å²) in [5.74, 6) is 0.878. The summed E-state index contributed by atoms with van der Waals surface area (Å²) in [6.07, 6.45) is 1.50. The van der Waals surface area contributed by atoms with Gasteiger partial charge in [-0.3, -0.25) is 0 Å². The van der Waals surface area contributed by atoms with E-state index in [9.17, 15) is 4.79 Å². The van der Waals surface area contributed by atoms with Crippen LogP contribution in [-0.2, 0) is 4.74 Å². The van der Waals surface area contributed by atoms with Crippen molar-refractivity contribution >= 4 is 29.3 Å². The molecule has 134 valence electrons. The van der Waals surface area contributed by atoms with Gasteiger partial charge in [-0.1, -0.05) is 30.1 Å². The van der Waals surface area contributed by atoms with Gasteiger partial charge in [-0.05, 0) is 45.6 Å². The summed E-state index contributed by atoms with van der Waals surface area (Å²) < 4.78 is 11.2. The van der Waals surface area contributed by atoms with E-state index in [0.717, 1.165) is 12.8 Å². The number of amides is 1. The highest BCUT2D eigenvalue weighted by molar-refractivity contribution is 6.34. The zero-order chi connectivity index (χ0) is 17.9. The van der Waals surface area contributed by atoms with E-state index in [0.29, 0.717) is 30.0 Å². The molecule has 0 spiro atoms. The fourth-order valence-corrected chi connectivity index (χ4v) is 3.12. The Balaban J connectivity index is 2.04. The Morgan fingerprint density at radius 2 is 2.08 bits per heavy atom. The van der Waals surface area contributed by atoms with Crippen LogP contribution in [0.5, 0.6) is 5.88 Å². The second kappa shape index (κ2) is 7.79. The lowest BCUT2D eigenvalue weighted by molar-refractivity contribution is -0.00177. The third-order valence-electron chi connectivity index (χ3n) is 3.76. The lowest BCUT2D eigenvalue weighted by Gasteiger charge is -2.38. The highest BCUT2D eigenvalue weighted by Gasteiger charge is 2.33. The minimum atomic E-state index is -0.520. The van der Waals surface area contributed by atoms with E-state index in [1.54, 1.807) is 17.0 Å². The van der Waals surface area contributed by atoms with Crippen LogP contribution in [0.25, 0.3) is 0 Å². The number of halogens is 2. The van der Waals surface area contributed by atoms with Gasteiger partial charge in [0.1, 0.15) is 17.4 Å². The van der Waals surface area contributed by atoms with Crippen LogP contribution in [0.3, 0.4) is 0 Å². The second-order valence-electron chi connectivity index (χ2n) is 7.21. The van der Waals surface area contributed by atoms with E-state index in [2.05, 4.69) is 11.9 Å². The molecule has 0 aliphatic carbocycles. The molecule has 1 aliphatic heterocycles. The van der Waals surface area contributed by atoms with Gasteiger partial charge in [-0.2, -0.15) is 0 Å². The van der Waals surface area contributed by atoms with Crippen LogP contribution in [0, 0.1) is 5.92 Å². The number of likely N-dealkylation sites (tertiary alicyclic amines) is 1. The van der Waals surface area contributed by atoms with Gasteiger partial charge in [0.2, 0.25) is 5.88 Å². The molecule has 0 bridgehead atoms. The van der Waals surface area contributed by atoms with Crippen molar-refractivity contribution in [3.8, 4) is 5.88 Å². The molecule has 2 rings (SSSR count). The van der Waals surface area contributed by atoms with E-state index >= 15 is 0 Å². The summed E-state index contributed by atoms with van der Waals surface area (Å²) in [5, 5.41) is 0.740. The summed E-state index contributed by atoms with van der Waals surface area (Å²) in [6.45, 7) is 8.75. The van der Waals surface area contributed by atoms with Crippen molar-refractivity contribution in [3.05, 3.63) is 22.3 Å². The smallest absolute Gasteiger partial charge is 0.410 e. The largest absolute Gasteiger partial charge is 0.475 e. The maximum atomic E-state index is 12.4. The fourth-order valence-electron chi connectivity index (χ4n) is 2.67. The van der Waals surface area contributed by atoms with Gasteiger partial charge < -0.3 is 14.4 Å². The summed E-state index contributed by atoms with van der Waals surface area (Å²) in [6, 6.07) is 3.09. The Hall–Kier alpha value is -1.20. The number of aromatic nitrogens is 1. The first-order chi connectivity index (χ1) is 11.1. The number of carbonyl (C=O) groups excluding carboxylic acids is 1. The van der Waals surface area contributed by atoms with Crippen LogP contribution in [0.4, 0.5) is 4.79 Å². The lowest BCUT2D eigenvalue weighted by Crippen LogP contribution is -2.50. The van der Waals surface area contributed by atoms with Gasteiger partial charge in [0.25, 0.3) is 0 Å². The third-order valence-corrected chi connectivity index (χ3v) is 4.18. The van der Waals surface area contributed by atoms with Crippen LogP contribution < -0.4 is 4.74 Å². The van der Waals surface area contributed by atoms with E-state index in [4.69, 9.17) is 32.7 Å². The molecule has 7 heteroatoms. The van der Waals surface area contributed by atoms with Crippen molar-refractivity contribution in [2.75, 3.05) is 13.2 Å². The predicted octanol–water partition coefficient (Wildman–Crippen LogP) is 4.80. The Bertz CT molecular complexity index is 569. The number of hydrogen-bond acceptors (Lipinski definition) is 4. The number of ether oxygens (including phenoxy) is 2. The normalized spacial score (nSPS) is 21.5. The zero-order valence-corrected chi connectivity index (χ0v) is 16.0. The van der Waals surface area contributed by atoms with Crippen molar-refractivity contribution in [3.63, 3.8) is 0 Å². The molecular formula is C17H24Cl2N2O3. The summed E-state index contributed by atoms with van der Waals surface area (Å²) >= 11 is 11.8. The SMILES string of the molecule is C[C@@H]1CCN(C(=O)OC(C)(C)C)[C@H](COc2cc(Cl)cc(Cl)n2)C1. The Labute approximate surface area is 153 Å². The average Bonchev–Trinajstić information content (AvgIpc) is 2.42. The van der Waals surface area contributed by atoms with E-state index in [-0.39, 0.29) is 17.3 Å². The van der Waals surface area contributed by atoms with Crippen molar-refractivity contribution < 1.29 is 14.3 Å². The number of rotatable bonds is 3. The molecule has 24 heavy (non-hydrogen) atoms. The van der Waals surface area contributed by atoms with Crippen LogP contribution in [0.15, 0.2) is 12.1 Å². The first-order valence-corrected chi connectivity index (χ1v) is 8.85. The molecule has 2 heterocycles. The minimum Gasteiger partial charge on any atom is -0.475 e. The molecular weight excluding hydrogens is 351 g/mol. The number of carbonyl (C=O) groups is 1. The number of piperidine rings is 1. The van der Waals surface area contributed by atoms with Gasteiger partial charge in [-0.15, -0.1) is 0 Å². The minimum absolute atomic E-state index is 0.0665. The fraction of sp³-hybridized carbons (Fsp3) is 0.647. The second-order valence-corrected chi connectivity index (χ2v) is 8.04. The van der Waals surface area contributed by atoms with Crippen molar-refractivity contribution in [1.82, 2.24) is 9.88 Å². The van der Waals surface area contributed by atoms with Gasteiger partial charge in [0, 0.05) is 17.6 Å². The van der Waals surface area contributed by atoms with Gasteiger partial charge in [-0.25, -0.2) is 9.78 Å². The first kappa shape index (κ1) is 19.1. The van der Waals surface area contributed by atoms with Gasteiger partial charge in [0.15, 0.2) is 0 Å². The van der Waals surface area contributed by atoms with E-state index < -0.39 is 5.60 Å². The van der Waals surface area contributed by atoms with Crippen LogP contribution in [-0.4, -0.2) is 40.8 Å². The van der Waals surface area contributed by atoms with Gasteiger partial charge in [0.05, 0.1) is 6.04 Å². The quantitative estimate of drug-likeness (QED) is 0.712. The maximum Gasteiger partial charge on any atom is 0.410 e. The van der Waals surface area contributed by atoms with E-state index in [1.807, 2.05) is 20.8 Å². The van der Waals surface area contributed by atoms with Gasteiger partial charge >= 0.3 is 6.09 Å². The highest BCUT2D eigenvalue weighted by atomic mass is 35.5. The monoisotopic (exact) mass is 374 g/mol. The Morgan fingerprint density at radius 3 is 2.71 bits per heavy atom. The van der Waals surface area contributed by atoms with Crippen molar-refractivity contribution in [2.24, 2.45) is 5.92 Å². The lowest BCUT2D eigenvalue weighted by atomic mass is 9.93.